The molecular formula is C27H48O5. The molecule has 5 N–H and O–H groups in total. The fourth-order valence-electron chi connectivity index (χ4n) is 9.30. The van der Waals surface area contributed by atoms with E-state index in [0.717, 1.165) is 38.5 Å². The molecule has 0 heterocycles. The van der Waals surface area contributed by atoms with Crippen molar-refractivity contribution in [2.45, 2.75) is 116 Å². The minimum atomic E-state index is -0.984. The van der Waals surface area contributed by atoms with Crippen LogP contribution in [0.1, 0.15) is 91.9 Å². The largest absolute Gasteiger partial charge is 0.393 e. The van der Waals surface area contributed by atoms with Crippen LogP contribution >= 0.6 is 0 Å². The Morgan fingerprint density at radius 3 is 2.25 bits per heavy atom. The molecule has 4 saturated carbocycles. The Bertz CT molecular complexity index is 666. The van der Waals surface area contributed by atoms with E-state index < -0.39 is 17.8 Å². The van der Waals surface area contributed by atoms with Gasteiger partial charge in [0.2, 0.25) is 0 Å². The molecule has 0 aromatic rings. The Morgan fingerprint density at radius 2 is 1.56 bits per heavy atom. The summed E-state index contributed by atoms with van der Waals surface area (Å²) < 4.78 is 0. The van der Waals surface area contributed by atoms with Crippen molar-refractivity contribution in [1.29, 1.82) is 0 Å². The standard InChI is InChI=1S/C27H48O5/c1-16(6-5-11-25(2,32)15-28)18-7-8-19-22-20(10-13-26(18,19)3)27(4)12-9-17(29)14-21(27)23(30)24(22)31/h16-24,28-32H,5-15H2,1-4H3/t16-,17-,18-,19+,20+,21+,22+,23+,24+,25?,26-,27-/m1/s1. The van der Waals surface area contributed by atoms with Gasteiger partial charge in [0.15, 0.2) is 0 Å². The van der Waals surface area contributed by atoms with E-state index in [-0.39, 0.29) is 35.4 Å². The summed E-state index contributed by atoms with van der Waals surface area (Å²) >= 11 is 0. The predicted octanol–water partition coefficient (Wildman–Crippen LogP) is 3.50. The van der Waals surface area contributed by atoms with Gasteiger partial charge in [-0.3, -0.25) is 0 Å². The van der Waals surface area contributed by atoms with Gasteiger partial charge in [0, 0.05) is 0 Å². The maximum atomic E-state index is 11.4. The number of fused-ring (bicyclic) bond motifs is 5. The zero-order chi connectivity index (χ0) is 23.5. The topological polar surface area (TPSA) is 101 Å². The van der Waals surface area contributed by atoms with Gasteiger partial charge in [-0.05, 0) is 105 Å². The summed E-state index contributed by atoms with van der Waals surface area (Å²) in [5, 5.41) is 52.3. The van der Waals surface area contributed by atoms with Gasteiger partial charge in [-0.15, -0.1) is 0 Å². The Kier molecular flexibility index (Phi) is 6.84. The Labute approximate surface area is 194 Å². The Hall–Kier alpha value is -0.200. The molecule has 0 bridgehead atoms. The summed E-state index contributed by atoms with van der Waals surface area (Å²) in [6, 6.07) is 0. The van der Waals surface area contributed by atoms with Crippen molar-refractivity contribution in [3.63, 3.8) is 0 Å². The van der Waals surface area contributed by atoms with Crippen LogP contribution in [0, 0.1) is 46.3 Å². The average Bonchev–Trinajstić information content (AvgIpc) is 3.10. The first-order chi connectivity index (χ1) is 14.9. The fraction of sp³-hybridized carbons (Fsp3) is 1.00. The van der Waals surface area contributed by atoms with E-state index in [9.17, 15) is 25.5 Å². The molecule has 5 nitrogen and oxygen atoms in total. The normalized spacial score (nSPS) is 51.3. The molecule has 0 spiro atoms. The van der Waals surface area contributed by atoms with Gasteiger partial charge in [-0.25, -0.2) is 0 Å². The third kappa shape index (κ3) is 3.98. The molecule has 4 aliphatic carbocycles. The molecule has 0 aromatic heterocycles. The van der Waals surface area contributed by atoms with Crippen LogP contribution < -0.4 is 0 Å². The van der Waals surface area contributed by atoms with Crippen LogP contribution in [0.5, 0.6) is 0 Å². The van der Waals surface area contributed by atoms with Gasteiger partial charge in [0.1, 0.15) is 0 Å². The van der Waals surface area contributed by atoms with Crippen LogP contribution in [0.15, 0.2) is 0 Å². The summed E-state index contributed by atoms with van der Waals surface area (Å²) in [6.45, 7) is 8.65. The van der Waals surface area contributed by atoms with Crippen molar-refractivity contribution in [1.82, 2.24) is 0 Å². The SMILES string of the molecule is C[C@H](CCCC(C)(O)CO)[C@H]1CC[C@H]2[C@@H]3[C@H](O)[C@@H](O)[C@@H]4C[C@H](O)CC[C@]4(C)[C@H]3CC[C@]12C. The van der Waals surface area contributed by atoms with Crippen LogP contribution in [0.2, 0.25) is 0 Å². The van der Waals surface area contributed by atoms with Crippen molar-refractivity contribution in [2.75, 3.05) is 6.61 Å². The van der Waals surface area contributed by atoms with Gasteiger partial charge in [-0.1, -0.05) is 33.6 Å². The van der Waals surface area contributed by atoms with E-state index in [4.69, 9.17) is 0 Å². The summed E-state index contributed by atoms with van der Waals surface area (Å²) in [5.74, 6) is 2.20. The maximum absolute atomic E-state index is 11.4. The summed E-state index contributed by atoms with van der Waals surface area (Å²) in [7, 11) is 0. The first-order valence-corrected chi connectivity index (χ1v) is 13.3. The van der Waals surface area contributed by atoms with E-state index in [1.807, 2.05) is 0 Å². The van der Waals surface area contributed by atoms with Crippen LogP contribution in [-0.2, 0) is 0 Å². The van der Waals surface area contributed by atoms with E-state index in [1.54, 1.807) is 6.92 Å². The minimum absolute atomic E-state index is 0.00213. The quantitative estimate of drug-likeness (QED) is 0.425. The molecule has 5 heteroatoms. The van der Waals surface area contributed by atoms with Gasteiger partial charge in [-0.2, -0.15) is 0 Å². The zero-order valence-corrected chi connectivity index (χ0v) is 20.7. The lowest BCUT2D eigenvalue weighted by atomic mass is 9.43. The van der Waals surface area contributed by atoms with E-state index >= 15 is 0 Å². The first kappa shape index (κ1) is 24.9. The summed E-state index contributed by atoms with van der Waals surface area (Å²) in [4.78, 5) is 0. The van der Waals surface area contributed by atoms with E-state index in [0.29, 0.717) is 36.5 Å². The molecule has 1 unspecified atom stereocenters. The molecule has 12 atom stereocenters. The lowest BCUT2D eigenvalue weighted by Gasteiger charge is -2.63. The lowest BCUT2D eigenvalue weighted by molar-refractivity contribution is -0.223. The monoisotopic (exact) mass is 452 g/mol. The smallest absolute Gasteiger partial charge is 0.0849 e. The predicted molar refractivity (Wildman–Crippen MR) is 125 cm³/mol. The molecule has 32 heavy (non-hydrogen) atoms. The van der Waals surface area contributed by atoms with Crippen LogP contribution in [0.25, 0.3) is 0 Å². The Morgan fingerprint density at radius 1 is 0.906 bits per heavy atom. The molecule has 0 aliphatic heterocycles. The average molecular weight is 453 g/mol. The third-order valence-electron chi connectivity index (χ3n) is 11.2. The van der Waals surface area contributed by atoms with Gasteiger partial charge >= 0.3 is 0 Å². The van der Waals surface area contributed by atoms with Gasteiger partial charge in [0.05, 0.1) is 30.5 Å². The van der Waals surface area contributed by atoms with Gasteiger partial charge < -0.3 is 25.5 Å². The highest BCUT2D eigenvalue weighted by atomic mass is 16.3. The highest BCUT2D eigenvalue weighted by Crippen LogP contribution is 2.68. The van der Waals surface area contributed by atoms with Crippen LogP contribution in [0.3, 0.4) is 0 Å². The molecule has 0 amide bonds. The van der Waals surface area contributed by atoms with Crippen molar-refractivity contribution in [3.8, 4) is 0 Å². The highest BCUT2D eigenvalue weighted by molar-refractivity contribution is 5.14. The molecule has 4 rings (SSSR count). The second-order valence-electron chi connectivity index (χ2n) is 13.1. The maximum Gasteiger partial charge on any atom is 0.0849 e. The number of rotatable bonds is 6. The third-order valence-corrected chi connectivity index (χ3v) is 11.2. The number of hydrogen-bond acceptors (Lipinski definition) is 5. The summed E-state index contributed by atoms with van der Waals surface area (Å²) in [6.07, 6.45) is 7.87. The van der Waals surface area contributed by atoms with Crippen molar-refractivity contribution < 1.29 is 25.5 Å². The van der Waals surface area contributed by atoms with Gasteiger partial charge in [0.25, 0.3) is 0 Å². The number of aliphatic hydroxyl groups excluding tert-OH is 4. The van der Waals surface area contributed by atoms with Crippen LogP contribution in [0.4, 0.5) is 0 Å². The molecule has 0 aromatic carbocycles. The summed E-state index contributed by atoms with van der Waals surface area (Å²) in [5.41, 5.74) is -0.774. The second kappa shape index (κ2) is 8.78. The molecule has 186 valence electrons. The lowest BCUT2D eigenvalue weighted by Crippen LogP contribution is -2.64. The minimum Gasteiger partial charge on any atom is -0.393 e. The van der Waals surface area contributed by atoms with Crippen LogP contribution in [-0.4, -0.2) is 56.1 Å². The number of aliphatic hydroxyl groups is 5. The Balaban J connectivity index is 1.50. The van der Waals surface area contributed by atoms with E-state index in [1.165, 1.54) is 12.8 Å². The van der Waals surface area contributed by atoms with Crippen molar-refractivity contribution in [3.05, 3.63) is 0 Å². The molecular weight excluding hydrogens is 404 g/mol. The molecule has 0 radical (unpaired) electrons. The van der Waals surface area contributed by atoms with Crippen molar-refractivity contribution >= 4 is 0 Å². The zero-order valence-electron chi connectivity index (χ0n) is 20.7. The molecule has 4 fully saturated rings. The van der Waals surface area contributed by atoms with E-state index in [2.05, 4.69) is 20.8 Å². The first-order valence-electron chi connectivity index (χ1n) is 13.3. The highest BCUT2D eigenvalue weighted by Gasteiger charge is 2.65. The number of hydrogen-bond donors (Lipinski definition) is 5. The fourth-order valence-corrected chi connectivity index (χ4v) is 9.30. The molecule has 0 saturated heterocycles. The van der Waals surface area contributed by atoms with Crippen molar-refractivity contribution in [2.24, 2.45) is 46.3 Å². The molecule has 4 aliphatic rings. The second-order valence-corrected chi connectivity index (χ2v) is 13.1.